The van der Waals surface area contributed by atoms with E-state index in [0.717, 1.165) is 38.6 Å². The van der Waals surface area contributed by atoms with Gasteiger partial charge in [0.2, 0.25) is 5.88 Å². The van der Waals surface area contributed by atoms with Gasteiger partial charge in [0.05, 0.1) is 39.6 Å². The summed E-state index contributed by atoms with van der Waals surface area (Å²) in [6.07, 6.45) is 4.79. The maximum absolute atomic E-state index is 17.2. The molecule has 2 aromatic heterocycles. The van der Waals surface area contributed by atoms with E-state index in [0.29, 0.717) is 35.4 Å². The molecule has 2 saturated heterocycles. The van der Waals surface area contributed by atoms with Crippen LogP contribution in [0.25, 0.3) is 32.9 Å². The lowest BCUT2D eigenvalue weighted by atomic mass is 9.76. The topological polar surface area (TPSA) is 142 Å². The van der Waals surface area contributed by atoms with Gasteiger partial charge in [0.15, 0.2) is 5.82 Å². The number of aliphatic hydroxyl groups is 2. The quantitative estimate of drug-likeness (QED) is 0.207. The van der Waals surface area contributed by atoms with Crippen LogP contribution < -0.4 is 19.7 Å². The number of phenols is 1. The number of nitrogens with one attached hydrogen (secondary N) is 1. The molecule has 1 aliphatic carbocycles. The number of methoxy groups -OCH3 is 1. The molecule has 3 fully saturated rings. The van der Waals surface area contributed by atoms with Crippen LogP contribution in [0.4, 0.5) is 14.6 Å². The van der Waals surface area contributed by atoms with Crippen molar-refractivity contribution in [1.82, 2.24) is 20.3 Å². The van der Waals surface area contributed by atoms with Crippen LogP contribution in [0.1, 0.15) is 51.5 Å². The largest absolute Gasteiger partial charge is 0.508 e. The van der Waals surface area contributed by atoms with E-state index in [1.165, 1.54) is 31.4 Å². The molecule has 13 heteroatoms. The van der Waals surface area contributed by atoms with Gasteiger partial charge in [0.1, 0.15) is 39.6 Å². The lowest BCUT2D eigenvalue weighted by Gasteiger charge is -2.39. The van der Waals surface area contributed by atoms with Crippen molar-refractivity contribution in [3.8, 4) is 28.9 Å². The van der Waals surface area contributed by atoms with Crippen molar-refractivity contribution in [2.75, 3.05) is 51.5 Å². The summed E-state index contributed by atoms with van der Waals surface area (Å²) in [6.45, 7) is 4.52. The Bertz CT molecular complexity index is 1890. The van der Waals surface area contributed by atoms with Crippen LogP contribution in [-0.4, -0.2) is 94.6 Å². The van der Waals surface area contributed by atoms with Crippen LogP contribution in [0.3, 0.4) is 0 Å². The fourth-order valence-corrected chi connectivity index (χ4v) is 8.07. The first kappa shape index (κ1) is 33.6. The number of hydrogen-bond donors (Lipinski definition) is 4. The van der Waals surface area contributed by atoms with E-state index in [9.17, 15) is 15.3 Å². The molecule has 4 heterocycles. The number of rotatable bonds is 8. The van der Waals surface area contributed by atoms with Crippen LogP contribution in [0, 0.1) is 17.0 Å². The summed E-state index contributed by atoms with van der Waals surface area (Å²) < 4.78 is 50.3. The van der Waals surface area contributed by atoms with E-state index in [1.54, 1.807) is 18.7 Å². The summed E-state index contributed by atoms with van der Waals surface area (Å²) in [5.74, 6) is -1.25. The Morgan fingerprint density at radius 3 is 2.71 bits per heavy atom. The van der Waals surface area contributed by atoms with Gasteiger partial charge in [0.25, 0.3) is 0 Å². The molecular formula is C36H43F2N5O6. The van der Waals surface area contributed by atoms with Gasteiger partial charge >= 0.3 is 6.01 Å². The Hall–Kier alpha value is -3.91. The second-order valence-corrected chi connectivity index (χ2v) is 14.0. The van der Waals surface area contributed by atoms with Crippen LogP contribution in [-0.2, 0) is 11.2 Å². The second kappa shape index (κ2) is 13.1. The SMILES string of the molecule is CCc1c(F)ccc2cc(O)cc(-c3nc(OC)c4c(N5C[C@H](CO)OC[C@@](C)(O)C5)nc(OC[C@@]56CCCN[C@@H]5CCC6)nc4c3F)c12. The molecule has 4 aromatic rings. The predicted octanol–water partition coefficient (Wildman–Crippen LogP) is 4.65. The summed E-state index contributed by atoms with van der Waals surface area (Å²) in [6, 6.07) is 5.98. The average Bonchev–Trinajstić information content (AvgIpc) is 3.45. The molecule has 0 spiro atoms. The molecule has 0 unspecified atom stereocenters. The van der Waals surface area contributed by atoms with E-state index in [4.69, 9.17) is 19.2 Å². The van der Waals surface area contributed by atoms with Crippen molar-refractivity contribution < 1.29 is 38.3 Å². The van der Waals surface area contributed by atoms with Gasteiger partial charge in [-0.3, -0.25) is 0 Å². The highest BCUT2D eigenvalue weighted by Gasteiger charge is 2.45. The van der Waals surface area contributed by atoms with Crippen LogP contribution >= 0.6 is 0 Å². The number of benzene rings is 2. The molecule has 0 radical (unpaired) electrons. The zero-order valence-electron chi connectivity index (χ0n) is 28.1. The van der Waals surface area contributed by atoms with Crippen molar-refractivity contribution in [1.29, 1.82) is 0 Å². The minimum Gasteiger partial charge on any atom is -0.508 e. The Labute approximate surface area is 283 Å². The van der Waals surface area contributed by atoms with E-state index < -0.39 is 23.3 Å². The van der Waals surface area contributed by atoms with Crippen LogP contribution in [0.2, 0.25) is 0 Å². The van der Waals surface area contributed by atoms with Gasteiger partial charge in [-0.1, -0.05) is 19.4 Å². The number of phenolic OH excluding ortho intramolecular Hbond substituents is 1. The van der Waals surface area contributed by atoms with Gasteiger partial charge in [-0.15, -0.1) is 0 Å². The number of aromatic nitrogens is 3. The third kappa shape index (κ3) is 6.11. The van der Waals surface area contributed by atoms with Crippen LogP contribution in [0.15, 0.2) is 24.3 Å². The minimum absolute atomic E-state index is 0.0183. The first-order valence-corrected chi connectivity index (χ1v) is 17.0. The molecular weight excluding hydrogens is 636 g/mol. The van der Waals surface area contributed by atoms with Gasteiger partial charge in [-0.2, -0.15) is 9.97 Å². The zero-order chi connectivity index (χ0) is 34.5. The Morgan fingerprint density at radius 2 is 1.94 bits per heavy atom. The number of aliphatic hydroxyl groups excluding tert-OH is 1. The first-order valence-electron chi connectivity index (χ1n) is 17.0. The number of aryl methyl sites for hydroxylation is 1. The van der Waals surface area contributed by atoms with Crippen LogP contribution in [0.5, 0.6) is 17.6 Å². The lowest BCUT2D eigenvalue weighted by molar-refractivity contribution is -0.0528. The molecule has 4 atom stereocenters. The predicted molar refractivity (Wildman–Crippen MR) is 180 cm³/mol. The van der Waals surface area contributed by atoms with E-state index in [-0.39, 0.29) is 77.3 Å². The third-order valence-corrected chi connectivity index (χ3v) is 10.4. The highest BCUT2D eigenvalue weighted by molar-refractivity contribution is 6.03. The summed E-state index contributed by atoms with van der Waals surface area (Å²) in [5, 5.41) is 36.7. The normalized spacial score (nSPS) is 25.8. The fourth-order valence-electron chi connectivity index (χ4n) is 8.07. The lowest BCUT2D eigenvalue weighted by Crippen LogP contribution is -2.49. The first-order chi connectivity index (χ1) is 23.6. The Kier molecular flexibility index (Phi) is 8.97. The van der Waals surface area contributed by atoms with Crippen molar-refractivity contribution in [2.24, 2.45) is 5.41 Å². The number of piperidine rings is 1. The smallest absolute Gasteiger partial charge is 0.319 e. The molecule has 2 aromatic carbocycles. The Balaban J connectivity index is 1.45. The van der Waals surface area contributed by atoms with E-state index in [2.05, 4.69) is 15.3 Å². The molecule has 3 aliphatic rings. The number of aromatic hydroxyl groups is 1. The summed E-state index contributed by atoms with van der Waals surface area (Å²) >= 11 is 0. The third-order valence-electron chi connectivity index (χ3n) is 10.4. The number of ether oxygens (including phenoxy) is 3. The molecule has 0 bridgehead atoms. The number of pyridine rings is 1. The molecule has 4 N–H and O–H groups in total. The molecule has 49 heavy (non-hydrogen) atoms. The second-order valence-electron chi connectivity index (χ2n) is 14.0. The van der Waals surface area contributed by atoms with Crippen molar-refractivity contribution >= 4 is 27.5 Å². The van der Waals surface area contributed by atoms with Crippen molar-refractivity contribution in [3.05, 3.63) is 41.5 Å². The highest BCUT2D eigenvalue weighted by atomic mass is 19.1. The van der Waals surface area contributed by atoms with E-state index in [1.807, 2.05) is 0 Å². The van der Waals surface area contributed by atoms with Gasteiger partial charge in [-0.25, -0.2) is 13.8 Å². The van der Waals surface area contributed by atoms with Crippen molar-refractivity contribution in [2.45, 2.75) is 70.1 Å². The maximum atomic E-state index is 17.2. The maximum Gasteiger partial charge on any atom is 0.319 e. The number of halogens is 2. The number of β-amino-alcohol motifs (C(OH)–C–C–N with tert-alkyl or cyclic N) is 1. The standard InChI is InChI=1S/C36H43F2N5O6/c1-4-23-25(37)9-8-20-13-21(45)14-24(27(20)23)30-29(38)31-28(33(40-30)47-3)32(43-15-22(16-44)48-18-35(2,46)17-43)42-34(41-31)49-19-36-10-5-7-26(36)39-12-6-11-36/h8-9,13-14,22,26,39,44-46H,4-7,10-12,15-19H2,1-3H3/t22-,26-,35+,36-/m1/s1. The molecule has 262 valence electrons. The summed E-state index contributed by atoms with van der Waals surface area (Å²) in [4.78, 5) is 15.7. The molecule has 0 amide bonds. The fraction of sp³-hybridized carbons (Fsp3) is 0.528. The van der Waals surface area contributed by atoms with Gasteiger partial charge in [0, 0.05) is 23.6 Å². The monoisotopic (exact) mass is 679 g/mol. The minimum atomic E-state index is -1.34. The Morgan fingerprint density at radius 1 is 1.12 bits per heavy atom. The number of anilines is 1. The number of fused-ring (bicyclic) bond motifs is 3. The van der Waals surface area contributed by atoms with Gasteiger partial charge < -0.3 is 39.7 Å². The highest BCUT2D eigenvalue weighted by Crippen LogP contribution is 2.46. The van der Waals surface area contributed by atoms with Gasteiger partial charge in [-0.05, 0) is 80.1 Å². The summed E-state index contributed by atoms with van der Waals surface area (Å²) in [5.41, 5.74) is -1.24. The van der Waals surface area contributed by atoms with E-state index >= 15 is 8.78 Å². The average molecular weight is 680 g/mol. The number of nitrogens with zero attached hydrogens (tertiary/aromatic N) is 4. The number of hydrogen-bond acceptors (Lipinski definition) is 11. The van der Waals surface area contributed by atoms with Crippen molar-refractivity contribution in [3.63, 3.8) is 0 Å². The molecule has 2 aliphatic heterocycles. The zero-order valence-corrected chi connectivity index (χ0v) is 28.1. The molecule has 7 rings (SSSR count). The summed E-state index contributed by atoms with van der Waals surface area (Å²) in [7, 11) is 1.39. The molecule has 1 saturated carbocycles. The molecule has 11 nitrogen and oxygen atoms in total.